The number of benzene rings is 1. The Morgan fingerprint density at radius 3 is 2.75 bits per heavy atom. The van der Waals surface area contributed by atoms with Crippen molar-refractivity contribution in [3.05, 3.63) is 57.8 Å². The highest BCUT2D eigenvalue weighted by atomic mass is 16.6. The average Bonchev–Trinajstić information content (AvgIpc) is 2.53. The van der Waals surface area contributed by atoms with Crippen molar-refractivity contribution in [3.8, 4) is 5.88 Å². The van der Waals surface area contributed by atoms with Crippen LogP contribution in [0.3, 0.4) is 0 Å². The predicted molar refractivity (Wildman–Crippen MR) is 91.7 cm³/mol. The number of pyridine rings is 1. The molecule has 2 heterocycles. The summed E-state index contributed by atoms with van der Waals surface area (Å²) in [5.74, 6) is 1.13. The van der Waals surface area contributed by atoms with Crippen LogP contribution in [0.4, 0.5) is 11.4 Å². The van der Waals surface area contributed by atoms with Crippen molar-refractivity contribution in [2.24, 2.45) is 4.99 Å². The second kappa shape index (κ2) is 6.27. The Bertz CT molecular complexity index is 817. The van der Waals surface area contributed by atoms with E-state index >= 15 is 0 Å². The van der Waals surface area contributed by atoms with Crippen LogP contribution in [0.25, 0.3) is 0 Å². The van der Waals surface area contributed by atoms with Gasteiger partial charge in [0.15, 0.2) is 0 Å². The maximum atomic E-state index is 11.4. The van der Waals surface area contributed by atoms with Crippen molar-refractivity contribution in [2.75, 3.05) is 5.32 Å². The molecule has 7 nitrogen and oxygen atoms in total. The maximum Gasteiger partial charge on any atom is 0.275 e. The summed E-state index contributed by atoms with van der Waals surface area (Å²) >= 11 is 0. The van der Waals surface area contributed by atoms with Gasteiger partial charge in [0.1, 0.15) is 6.04 Å². The van der Waals surface area contributed by atoms with E-state index in [4.69, 9.17) is 4.74 Å². The second-order valence-corrected chi connectivity index (χ2v) is 5.80. The topological polar surface area (TPSA) is 89.7 Å². The Labute approximate surface area is 139 Å². The van der Waals surface area contributed by atoms with E-state index in [1.54, 1.807) is 24.4 Å². The molecular formula is C17H18N4O3. The van der Waals surface area contributed by atoms with Crippen LogP contribution in [0.5, 0.6) is 5.88 Å². The molecule has 0 amide bonds. The van der Waals surface area contributed by atoms with E-state index < -0.39 is 6.04 Å². The quantitative estimate of drug-likeness (QED) is 0.683. The highest BCUT2D eigenvalue weighted by Gasteiger charge is 2.31. The molecular weight excluding hydrogens is 308 g/mol. The van der Waals surface area contributed by atoms with Crippen LogP contribution in [0, 0.1) is 10.1 Å². The molecule has 7 heteroatoms. The van der Waals surface area contributed by atoms with Gasteiger partial charge >= 0.3 is 0 Å². The van der Waals surface area contributed by atoms with Gasteiger partial charge in [0.25, 0.3) is 5.69 Å². The number of nitro groups is 1. The van der Waals surface area contributed by atoms with Crippen LogP contribution in [0.15, 0.2) is 41.5 Å². The Hall–Kier alpha value is -2.96. The lowest BCUT2D eigenvalue weighted by molar-refractivity contribution is -0.385. The zero-order valence-electron chi connectivity index (χ0n) is 13.7. The molecule has 0 spiro atoms. The SMILES string of the molecule is CC1=NC(c2ccccc2[N+](=O)[O-])c2c(ccnc2OC(C)C)N1. The summed E-state index contributed by atoms with van der Waals surface area (Å²) in [6, 6.07) is 7.92. The lowest BCUT2D eigenvalue weighted by Crippen LogP contribution is -2.21. The summed E-state index contributed by atoms with van der Waals surface area (Å²) in [5.41, 5.74) is 2.07. The number of hydrogen-bond acceptors (Lipinski definition) is 6. The third-order valence-electron chi connectivity index (χ3n) is 3.64. The number of amidine groups is 1. The molecule has 1 aromatic heterocycles. The zero-order valence-corrected chi connectivity index (χ0v) is 13.7. The fourth-order valence-corrected chi connectivity index (χ4v) is 2.74. The first-order valence-corrected chi connectivity index (χ1v) is 7.67. The number of aliphatic imine (C=N–C) groups is 1. The van der Waals surface area contributed by atoms with E-state index in [-0.39, 0.29) is 16.7 Å². The van der Waals surface area contributed by atoms with E-state index in [9.17, 15) is 10.1 Å². The molecule has 1 aromatic carbocycles. The molecule has 1 atom stereocenters. The number of fused-ring (bicyclic) bond motifs is 1. The number of nitrogens with one attached hydrogen (secondary N) is 1. The minimum atomic E-state index is -0.537. The molecule has 1 aliphatic heterocycles. The minimum absolute atomic E-state index is 0.0336. The predicted octanol–water partition coefficient (Wildman–Crippen LogP) is 3.71. The number of anilines is 1. The molecule has 0 radical (unpaired) electrons. The van der Waals surface area contributed by atoms with Crippen molar-refractivity contribution < 1.29 is 9.66 Å². The Kier molecular flexibility index (Phi) is 4.16. The molecule has 0 saturated heterocycles. The summed E-state index contributed by atoms with van der Waals surface area (Å²) in [4.78, 5) is 19.9. The largest absolute Gasteiger partial charge is 0.475 e. The Morgan fingerprint density at radius 1 is 1.29 bits per heavy atom. The van der Waals surface area contributed by atoms with E-state index in [1.165, 1.54) is 6.07 Å². The van der Waals surface area contributed by atoms with Crippen molar-refractivity contribution >= 4 is 17.2 Å². The minimum Gasteiger partial charge on any atom is -0.475 e. The summed E-state index contributed by atoms with van der Waals surface area (Å²) in [7, 11) is 0. The number of ether oxygens (including phenoxy) is 1. The van der Waals surface area contributed by atoms with Gasteiger partial charge < -0.3 is 10.1 Å². The normalized spacial score (nSPS) is 16.2. The molecule has 124 valence electrons. The molecule has 0 saturated carbocycles. The zero-order chi connectivity index (χ0) is 17.3. The summed E-state index contributed by atoms with van der Waals surface area (Å²) in [6.45, 7) is 5.64. The van der Waals surface area contributed by atoms with Gasteiger partial charge in [-0.25, -0.2) is 4.98 Å². The molecule has 0 aliphatic carbocycles. The Morgan fingerprint density at radius 2 is 2.04 bits per heavy atom. The van der Waals surface area contributed by atoms with Crippen LogP contribution in [-0.2, 0) is 0 Å². The number of para-hydroxylation sites is 1. The number of rotatable bonds is 4. The second-order valence-electron chi connectivity index (χ2n) is 5.80. The first-order chi connectivity index (χ1) is 11.5. The number of hydrogen-bond donors (Lipinski definition) is 1. The smallest absolute Gasteiger partial charge is 0.275 e. The molecule has 0 fully saturated rings. The van der Waals surface area contributed by atoms with Gasteiger partial charge in [-0.2, -0.15) is 0 Å². The van der Waals surface area contributed by atoms with Crippen LogP contribution in [0.2, 0.25) is 0 Å². The monoisotopic (exact) mass is 326 g/mol. The fourth-order valence-electron chi connectivity index (χ4n) is 2.74. The molecule has 1 unspecified atom stereocenters. The first-order valence-electron chi connectivity index (χ1n) is 7.67. The molecule has 1 aliphatic rings. The fraction of sp³-hybridized carbons (Fsp3) is 0.294. The van der Waals surface area contributed by atoms with Crippen molar-refractivity contribution in [1.82, 2.24) is 4.98 Å². The van der Waals surface area contributed by atoms with Crippen LogP contribution >= 0.6 is 0 Å². The number of nitro benzene ring substituents is 1. The van der Waals surface area contributed by atoms with Gasteiger partial charge in [0.05, 0.1) is 33.7 Å². The van der Waals surface area contributed by atoms with Crippen molar-refractivity contribution in [2.45, 2.75) is 32.9 Å². The summed E-state index contributed by atoms with van der Waals surface area (Å²) < 4.78 is 5.81. The third-order valence-corrected chi connectivity index (χ3v) is 3.64. The van der Waals surface area contributed by atoms with Crippen LogP contribution in [0.1, 0.15) is 37.9 Å². The molecule has 24 heavy (non-hydrogen) atoms. The highest BCUT2D eigenvalue weighted by Crippen LogP contribution is 2.42. The highest BCUT2D eigenvalue weighted by molar-refractivity contribution is 5.97. The third kappa shape index (κ3) is 2.92. The van der Waals surface area contributed by atoms with E-state index in [2.05, 4.69) is 15.3 Å². The van der Waals surface area contributed by atoms with Crippen molar-refractivity contribution in [3.63, 3.8) is 0 Å². The standard InChI is InChI=1S/C17H18N4O3/c1-10(2)24-17-15-13(8-9-18-17)19-11(3)20-16(15)12-6-4-5-7-14(12)21(22)23/h4-10,16H,1-3H3,(H,19,20). The first kappa shape index (κ1) is 15.9. The molecule has 0 bridgehead atoms. The van der Waals surface area contributed by atoms with Gasteiger partial charge in [0.2, 0.25) is 5.88 Å². The number of aromatic nitrogens is 1. The maximum absolute atomic E-state index is 11.4. The van der Waals surface area contributed by atoms with E-state index in [0.29, 0.717) is 22.8 Å². The van der Waals surface area contributed by atoms with Gasteiger partial charge in [-0.05, 0) is 32.9 Å². The molecule has 1 N–H and O–H groups in total. The summed E-state index contributed by atoms with van der Waals surface area (Å²) in [6.07, 6.45) is 1.58. The van der Waals surface area contributed by atoms with Gasteiger partial charge in [-0.15, -0.1) is 0 Å². The van der Waals surface area contributed by atoms with Gasteiger partial charge in [0, 0.05) is 12.3 Å². The van der Waals surface area contributed by atoms with Gasteiger partial charge in [-0.3, -0.25) is 15.1 Å². The lowest BCUT2D eigenvalue weighted by atomic mass is 9.95. The lowest BCUT2D eigenvalue weighted by Gasteiger charge is -2.26. The molecule has 3 rings (SSSR count). The van der Waals surface area contributed by atoms with Crippen LogP contribution in [-0.4, -0.2) is 21.8 Å². The van der Waals surface area contributed by atoms with E-state index in [0.717, 1.165) is 5.69 Å². The average molecular weight is 326 g/mol. The van der Waals surface area contributed by atoms with Crippen LogP contribution < -0.4 is 10.1 Å². The number of nitrogens with zero attached hydrogens (tertiary/aromatic N) is 3. The van der Waals surface area contributed by atoms with Gasteiger partial charge in [-0.1, -0.05) is 12.1 Å². The Balaban J connectivity index is 2.20. The van der Waals surface area contributed by atoms with E-state index in [1.807, 2.05) is 26.8 Å². The summed E-state index contributed by atoms with van der Waals surface area (Å²) in [5, 5.41) is 14.6. The van der Waals surface area contributed by atoms with Crippen molar-refractivity contribution in [1.29, 1.82) is 0 Å². The molecule has 2 aromatic rings.